The summed E-state index contributed by atoms with van der Waals surface area (Å²) in [6.45, 7) is 3.17. The lowest BCUT2D eigenvalue weighted by Crippen LogP contribution is -2.44. The molecule has 1 aromatic carbocycles. The molecule has 0 spiro atoms. The van der Waals surface area contributed by atoms with E-state index in [0.717, 1.165) is 12.8 Å². The van der Waals surface area contributed by atoms with E-state index >= 15 is 0 Å². The van der Waals surface area contributed by atoms with E-state index in [1.807, 2.05) is 14.0 Å². The summed E-state index contributed by atoms with van der Waals surface area (Å²) in [4.78, 5) is 14.5. The minimum atomic E-state index is -3.41. The van der Waals surface area contributed by atoms with Gasteiger partial charge in [-0.15, -0.1) is 0 Å². The molecule has 0 saturated carbocycles. The highest BCUT2D eigenvalue weighted by molar-refractivity contribution is 7.92. The highest BCUT2D eigenvalue weighted by Gasteiger charge is 2.25. The number of carbonyl (C=O) groups excluding carboxylic acids is 1. The van der Waals surface area contributed by atoms with Crippen LogP contribution in [-0.2, 0) is 10.0 Å². The summed E-state index contributed by atoms with van der Waals surface area (Å²) in [6.07, 6.45) is 2.35. The second-order valence-electron chi connectivity index (χ2n) is 5.82. The zero-order valence-electron chi connectivity index (χ0n) is 13.7. The zero-order chi connectivity index (χ0) is 16.9. The van der Waals surface area contributed by atoms with Crippen molar-refractivity contribution in [1.82, 2.24) is 10.2 Å². The Balaban J connectivity index is 2.15. The van der Waals surface area contributed by atoms with Crippen molar-refractivity contribution in [1.29, 1.82) is 0 Å². The minimum absolute atomic E-state index is 0.0447. The predicted octanol–water partition coefficient (Wildman–Crippen LogP) is 1.66. The molecule has 0 unspecified atom stereocenters. The van der Waals surface area contributed by atoms with Gasteiger partial charge in [0.25, 0.3) is 5.91 Å². The molecule has 0 bridgehead atoms. The quantitative estimate of drug-likeness (QED) is 0.826. The molecule has 0 atom stereocenters. The highest BCUT2D eigenvalue weighted by Crippen LogP contribution is 2.21. The van der Waals surface area contributed by atoms with E-state index in [-0.39, 0.29) is 11.7 Å². The number of rotatable bonds is 6. The Morgan fingerprint density at radius 3 is 2.52 bits per heavy atom. The normalized spacial score (nSPS) is 16.3. The van der Waals surface area contributed by atoms with Crippen molar-refractivity contribution < 1.29 is 13.2 Å². The molecular formula is C16H25N3O3S. The number of nitrogens with zero attached hydrogens (tertiary/aromatic N) is 1. The summed E-state index contributed by atoms with van der Waals surface area (Å²) >= 11 is 0. The molecule has 0 aromatic heterocycles. The molecule has 7 heteroatoms. The third-order valence-electron chi connectivity index (χ3n) is 4.09. The third kappa shape index (κ3) is 4.68. The summed E-state index contributed by atoms with van der Waals surface area (Å²) in [5.41, 5.74) is 0.775. The zero-order valence-corrected chi connectivity index (χ0v) is 14.5. The molecule has 23 heavy (non-hydrogen) atoms. The number of piperidine rings is 1. The second kappa shape index (κ2) is 7.79. The summed E-state index contributed by atoms with van der Waals surface area (Å²) in [5, 5.41) is 3.23. The number of para-hydroxylation sites is 1. The van der Waals surface area contributed by atoms with Crippen LogP contribution in [0.4, 0.5) is 5.69 Å². The first-order valence-corrected chi connectivity index (χ1v) is 9.68. The van der Waals surface area contributed by atoms with Crippen molar-refractivity contribution in [3.8, 4) is 0 Å². The number of sulfonamides is 1. The van der Waals surface area contributed by atoms with E-state index in [2.05, 4.69) is 10.0 Å². The van der Waals surface area contributed by atoms with Gasteiger partial charge in [-0.25, -0.2) is 8.42 Å². The predicted molar refractivity (Wildman–Crippen MR) is 92.1 cm³/mol. The second-order valence-corrected chi connectivity index (χ2v) is 7.66. The summed E-state index contributed by atoms with van der Waals surface area (Å²) in [5.74, 6) is -0.0716. The summed E-state index contributed by atoms with van der Waals surface area (Å²) < 4.78 is 26.5. The standard InChI is InChI=1S/C16H25N3O3S/c1-3-12-23(21,22)18-15-7-5-4-6-14(15)16(20)19-10-8-13(17-2)9-11-19/h4-7,13,17-18H,3,8-12H2,1-2H3. The highest BCUT2D eigenvalue weighted by atomic mass is 32.2. The van der Waals surface area contributed by atoms with Gasteiger partial charge < -0.3 is 10.2 Å². The molecule has 1 saturated heterocycles. The first kappa shape index (κ1) is 17.7. The monoisotopic (exact) mass is 339 g/mol. The van der Waals surface area contributed by atoms with Crippen LogP contribution in [0.5, 0.6) is 0 Å². The lowest BCUT2D eigenvalue weighted by Gasteiger charge is -2.32. The molecule has 1 aliphatic heterocycles. The van der Waals surface area contributed by atoms with Crippen molar-refractivity contribution in [2.45, 2.75) is 32.2 Å². The fraction of sp³-hybridized carbons (Fsp3) is 0.562. The van der Waals surface area contributed by atoms with E-state index in [1.165, 1.54) is 0 Å². The third-order valence-corrected chi connectivity index (χ3v) is 5.56. The molecule has 1 heterocycles. The van der Waals surface area contributed by atoms with Gasteiger partial charge in [-0.1, -0.05) is 19.1 Å². The fourth-order valence-electron chi connectivity index (χ4n) is 2.79. The molecule has 128 valence electrons. The van der Waals surface area contributed by atoms with Gasteiger partial charge in [0.2, 0.25) is 10.0 Å². The molecule has 2 N–H and O–H groups in total. The van der Waals surface area contributed by atoms with Crippen molar-refractivity contribution in [2.75, 3.05) is 30.6 Å². The number of nitrogens with one attached hydrogen (secondary N) is 2. The van der Waals surface area contributed by atoms with E-state index in [0.29, 0.717) is 36.8 Å². The minimum Gasteiger partial charge on any atom is -0.338 e. The molecule has 0 radical (unpaired) electrons. The van der Waals surface area contributed by atoms with Crippen molar-refractivity contribution in [3.05, 3.63) is 29.8 Å². The van der Waals surface area contributed by atoms with Crippen molar-refractivity contribution in [3.63, 3.8) is 0 Å². The average molecular weight is 339 g/mol. The van der Waals surface area contributed by atoms with E-state index in [4.69, 9.17) is 0 Å². The molecule has 2 rings (SSSR count). The van der Waals surface area contributed by atoms with Gasteiger partial charge >= 0.3 is 0 Å². The maximum Gasteiger partial charge on any atom is 0.255 e. The van der Waals surface area contributed by atoms with Crippen LogP contribution in [0.2, 0.25) is 0 Å². The number of hydrogen-bond acceptors (Lipinski definition) is 4. The molecule has 1 aromatic rings. The van der Waals surface area contributed by atoms with Gasteiger partial charge in [0, 0.05) is 19.1 Å². The van der Waals surface area contributed by atoms with Crippen molar-refractivity contribution in [2.24, 2.45) is 0 Å². The van der Waals surface area contributed by atoms with E-state index in [9.17, 15) is 13.2 Å². The lowest BCUT2D eigenvalue weighted by atomic mass is 10.0. The molecule has 6 nitrogen and oxygen atoms in total. The topological polar surface area (TPSA) is 78.5 Å². The van der Waals surface area contributed by atoms with Crippen LogP contribution in [0, 0.1) is 0 Å². The summed E-state index contributed by atoms with van der Waals surface area (Å²) in [7, 11) is -1.48. The number of amides is 1. The number of carbonyl (C=O) groups is 1. The first-order chi connectivity index (χ1) is 11.0. The average Bonchev–Trinajstić information content (AvgIpc) is 2.54. The number of anilines is 1. The lowest BCUT2D eigenvalue weighted by molar-refractivity contribution is 0.0708. The molecular weight excluding hydrogens is 314 g/mol. The van der Waals surface area contributed by atoms with Crippen molar-refractivity contribution >= 4 is 21.6 Å². The maximum atomic E-state index is 12.7. The Kier molecular flexibility index (Phi) is 6.01. The number of hydrogen-bond donors (Lipinski definition) is 2. The molecule has 0 aliphatic carbocycles. The Morgan fingerprint density at radius 1 is 1.26 bits per heavy atom. The number of likely N-dealkylation sites (tertiary alicyclic amines) is 1. The van der Waals surface area contributed by atoms with Crippen LogP contribution in [0.15, 0.2) is 24.3 Å². The van der Waals surface area contributed by atoms with E-state index < -0.39 is 10.0 Å². The Hall–Kier alpha value is -1.60. The Bertz CT molecular complexity index is 638. The molecule has 1 aliphatic rings. The Morgan fingerprint density at radius 2 is 1.91 bits per heavy atom. The van der Waals surface area contributed by atoms with Gasteiger partial charge in [0.15, 0.2) is 0 Å². The maximum absolute atomic E-state index is 12.7. The first-order valence-electron chi connectivity index (χ1n) is 8.03. The van der Waals surface area contributed by atoms with Crippen LogP contribution in [-0.4, -0.2) is 51.2 Å². The van der Waals surface area contributed by atoms with E-state index in [1.54, 1.807) is 29.2 Å². The summed E-state index contributed by atoms with van der Waals surface area (Å²) in [6, 6.07) is 7.24. The Labute approximate surface area is 138 Å². The van der Waals surface area contributed by atoms with Gasteiger partial charge in [0.1, 0.15) is 0 Å². The van der Waals surface area contributed by atoms with Crippen LogP contribution in [0.1, 0.15) is 36.5 Å². The van der Waals surface area contributed by atoms with Crippen LogP contribution < -0.4 is 10.0 Å². The van der Waals surface area contributed by atoms with Gasteiger partial charge in [-0.3, -0.25) is 9.52 Å². The molecule has 1 amide bonds. The van der Waals surface area contributed by atoms with Crippen LogP contribution in [0.3, 0.4) is 0 Å². The van der Waals surface area contributed by atoms with Crippen LogP contribution >= 0.6 is 0 Å². The fourth-order valence-corrected chi connectivity index (χ4v) is 3.94. The smallest absolute Gasteiger partial charge is 0.255 e. The molecule has 1 fully saturated rings. The van der Waals surface area contributed by atoms with Gasteiger partial charge in [0.05, 0.1) is 17.0 Å². The van der Waals surface area contributed by atoms with Gasteiger partial charge in [-0.2, -0.15) is 0 Å². The van der Waals surface area contributed by atoms with Gasteiger partial charge in [-0.05, 0) is 38.4 Å². The largest absolute Gasteiger partial charge is 0.338 e. The van der Waals surface area contributed by atoms with Crippen LogP contribution in [0.25, 0.3) is 0 Å². The SMILES string of the molecule is CCCS(=O)(=O)Nc1ccccc1C(=O)N1CCC(NC)CC1. The number of benzene rings is 1.